The number of tetrazole rings is 1. The average Bonchev–Trinajstić information content (AvgIpc) is 3.15. The number of carbonyl (C=O) groups is 1. The molecule has 9 nitrogen and oxygen atoms in total. The van der Waals surface area contributed by atoms with Crippen molar-refractivity contribution in [1.29, 1.82) is 0 Å². The van der Waals surface area contributed by atoms with Crippen molar-refractivity contribution in [2.24, 2.45) is 10.9 Å². The molecule has 1 aliphatic rings. The molecule has 27 heavy (non-hydrogen) atoms. The number of para-hydroxylation sites is 2. The minimum atomic E-state index is -0.590. The van der Waals surface area contributed by atoms with Gasteiger partial charge in [-0.2, -0.15) is 0 Å². The van der Waals surface area contributed by atoms with Crippen molar-refractivity contribution in [3.8, 4) is 5.75 Å². The van der Waals surface area contributed by atoms with Gasteiger partial charge in [-0.15, -0.1) is 0 Å². The number of aliphatic imine (C=N–C) groups is 1. The zero-order valence-electron chi connectivity index (χ0n) is 14.8. The molecule has 9 heteroatoms. The van der Waals surface area contributed by atoms with Crippen molar-refractivity contribution in [1.82, 2.24) is 25.2 Å². The van der Waals surface area contributed by atoms with Gasteiger partial charge in [-0.3, -0.25) is 9.78 Å². The maximum Gasteiger partial charge on any atom is 0.269 e. The largest absolute Gasteiger partial charge is 0.495 e. The highest BCUT2D eigenvalue weighted by Gasteiger charge is 2.39. The molecular formula is C18H17N7O2. The molecule has 0 radical (unpaired) electrons. The van der Waals surface area contributed by atoms with Crippen molar-refractivity contribution in [2.45, 2.75) is 13.0 Å². The maximum absolute atomic E-state index is 13.2. The van der Waals surface area contributed by atoms with Gasteiger partial charge in [0.05, 0.1) is 18.8 Å². The van der Waals surface area contributed by atoms with E-state index in [1.165, 1.54) is 0 Å². The summed E-state index contributed by atoms with van der Waals surface area (Å²) in [6.45, 7) is 1.80. The van der Waals surface area contributed by atoms with Crippen molar-refractivity contribution in [3.63, 3.8) is 0 Å². The zero-order valence-corrected chi connectivity index (χ0v) is 14.8. The Balaban J connectivity index is 1.74. The fraction of sp³-hybridized carbons (Fsp3) is 0.222. The normalized spacial score (nSPS) is 18.4. The van der Waals surface area contributed by atoms with E-state index in [2.05, 4.69) is 30.8 Å². The van der Waals surface area contributed by atoms with Crippen molar-refractivity contribution >= 4 is 23.3 Å². The fourth-order valence-corrected chi connectivity index (χ4v) is 3.23. The highest BCUT2D eigenvalue weighted by atomic mass is 16.5. The van der Waals surface area contributed by atoms with Crippen LogP contribution in [-0.2, 0) is 4.79 Å². The molecule has 1 aromatic carbocycles. The number of aromatic nitrogens is 5. The molecular weight excluding hydrogens is 346 g/mol. The Kier molecular flexibility index (Phi) is 4.33. The summed E-state index contributed by atoms with van der Waals surface area (Å²) in [7, 11) is 1.56. The number of hydrogen-bond acceptors (Lipinski definition) is 7. The number of anilines is 1. The third-order valence-electron chi connectivity index (χ3n) is 4.48. The molecule has 0 saturated heterocycles. The van der Waals surface area contributed by atoms with Crippen LogP contribution in [0.2, 0.25) is 0 Å². The second kappa shape index (κ2) is 6.94. The van der Waals surface area contributed by atoms with E-state index >= 15 is 0 Å². The predicted molar refractivity (Wildman–Crippen MR) is 98.1 cm³/mol. The summed E-state index contributed by atoms with van der Waals surface area (Å²) < 4.78 is 6.89. The molecule has 2 atom stereocenters. The number of nitrogens with zero attached hydrogens (tertiary/aromatic N) is 6. The molecule has 1 N–H and O–H groups in total. The number of pyridine rings is 1. The third-order valence-corrected chi connectivity index (χ3v) is 4.48. The lowest BCUT2D eigenvalue weighted by atomic mass is 9.88. The molecule has 0 bridgehead atoms. The van der Waals surface area contributed by atoms with Gasteiger partial charge in [0.15, 0.2) is 0 Å². The van der Waals surface area contributed by atoms with E-state index in [9.17, 15) is 4.79 Å². The van der Waals surface area contributed by atoms with E-state index in [1.807, 2.05) is 24.3 Å². The van der Waals surface area contributed by atoms with E-state index in [1.54, 1.807) is 43.2 Å². The summed E-state index contributed by atoms with van der Waals surface area (Å²) in [5.74, 6) is 0.146. The number of methoxy groups -OCH3 is 1. The van der Waals surface area contributed by atoms with Crippen LogP contribution in [0, 0.1) is 5.92 Å². The number of amides is 1. The Hall–Kier alpha value is -3.62. The smallest absolute Gasteiger partial charge is 0.269 e. The molecule has 0 saturated carbocycles. The lowest BCUT2D eigenvalue weighted by Gasteiger charge is -2.29. The van der Waals surface area contributed by atoms with Crippen LogP contribution in [0.1, 0.15) is 18.5 Å². The van der Waals surface area contributed by atoms with Gasteiger partial charge in [-0.1, -0.05) is 17.2 Å². The van der Waals surface area contributed by atoms with Gasteiger partial charge < -0.3 is 10.1 Å². The highest BCUT2D eigenvalue weighted by Crippen LogP contribution is 2.35. The quantitative estimate of drug-likeness (QED) is 0.760. The Labute approximate surface area is 155 Å². The monoisotopic (exact) mass is 363 g/mol. The second-order valence-corrected chi connectivity index (χ2v) is 6.07. The van der Waals surface area contributed by atoms with Crippen LogP contribution in [0.3, 0.4) is 0 Å². The molecule has 4 rings (SSSR count). The summed E-state index contributed by atoms with van der Waals surface area (Å²) in [6, 6.07) is 10.5. The maximum atomic E-state index is 13.2. The topological polar surface area (TPSA) is 107 Å². The van der Waals surface area contributed by atoms with E-state index < -0.39 is 12.0 Å². The molecule has 136 valence electrons. The molecule has 3 aromatic rings. The third kappa shape index (κ3) is 3.03. The van der Waals surface area contributed by atoms with Crippen molar-refractivity contribution in [3.05, 3.63) is 54.4 Å². The van der Waals surface area contributed by atoms with Crippen LogP contribution in [-0.4, -0.2) is 43.9 Å². The van der Waals surface area contributed by atoms with E-state index in [0.29, 0.717) is 23.1 Å². The van der Waals surface area contributed by atoms with Gasteiger partial charge in [0.1, 0.15) is 11.7 Å². The first-order chi connectivity index (χ1) is 13.2. The van der Waals surface area contributed by atoms with E-state index in [-0.39, 0.29) is 5.91 Å². The Bertz CT molecular complexity index is 1000. The second-order valence-electron chi connectivity index (χ2n) is 6.07. The summed E-state index contributed by atoms with van der Waals surface area (Å²) >= 11 is 0. The average molecular weight is 363 g/mol. The first-order valence-corrected chi connectivity index (χ1v) is 8.36. The molecule has 0 spiro atoms. The Morgan fingerprint density at radius 2 is 1.96 bits per heavy atom. The lowest BCUT2D eigenvalue weighted by molar-refractivity contribution is -0.118. The Morgan fingerprint density at radius 3 is 2.74 bits per heavy atom. The number of rotatable bonds is 4. The number of ether oxygens (including phenoxy) is 1. The van der Waals surface area contributed by atoms with E-state index in [4.69, 9.17) is 4.74 Å². The zero-order chi connectivity index (χ0) is 18.8. The minimum Gasteiger partial charge on any atom is -0.495 e. The fourth-order valence-electron chi connectivity index (χ4n) is 3.23. The van der Waals surface area contributed by atoms with Gasteiger partial charge in [0.2, 0.25) is 5.91 Å². The SMILES string of the molecule is COc1ccccc1NC(=O)C1C(C)=Nc2nnnn2C1c1ccncc1. The first-order valence-electron chi connectivity index (χ1n) is 8.36. The number of hydrogen-bond donors (Lipinski definition) is 1. The van der Waals surface area contributed by atoms with Gasteiger partial charge >= 0.3 is 0 Å². The van der Waals surface area contributed by atoms with Crippen molar-refractivity contribution in [2.75, 3.05) is 12.4 Å². The predicted octanol–water partition coefficient (Wildman–Crippen LogP) is 2.03. The van der Waals surface area contributed by atoms with Gasteiger partial charge in [0, 0.05) is 18.1 Å². The molecule has 0 aliphatic carbocycles. The molecule has 3 heterocycles. The summed E-state index contributed by atoms with van der Waals surface area (Å²) in [4.78, 5) is 21.7. The minimum absolute atomic E-state index is 0.219. The van der Waals surface area contributed by atoms with Gasteiger partial charge in [0.25, 0.3) is 5.95 Å². The van der Waals surface area contributed by atoms with Gasteiger partial charge in [-0.25, -0.2) is 9.67 Å². The van der Waals surface area contributed by atoms with Gasteiger partial charge in [-0.05, 0) is 47.2 Å². The standard InChI is InChI=1S/C18H17N7O2/c1-11-15(17(26)21-13-5-3-4-6-14(13)27-2)16(12-7-9-19-10-8-12)25-18(20-11)22-23-24-25/h3-10,15-16H,1-2H3,(H,21,26). The molecule has 0 fully saturated rings. The number of carbonyl (C=O) groups excluding carboxylic acids is 1. The van der Waals surface area contributed by atoms with Crippen LogP contribution < -0.4 is 10.1 Å². The highest BCUT2D eigenvalue weighted by molar-refractivity contribution is 6.10. The summed E-state index contributed by atoms with van der Waals surface area (Å²) in [5.41, 5.74) is 2.09. The summed E-state index contributed by atoms with van der Waals surface area (Å²) in [5, 5.41) is 14.6. The number of benzene rings is 1. The van der Waals surface area contributed by atoms with Crippen LogP contribution in [0.25, 0.3) is 0 Å². The molecule has 2 unspecified atom stereocenters. The first kappa shape index (κ1) is 16.8. The molecule has 1 amide bonds. The van der Waals surface area contributed by atoms with Crippen LogP contribution in [0.15, 0.2) is 53.8 Å². The lowest BCUT2D eigenvalue weighted by Crippen LogP contribution is -2.39. The van der Waals surface area contributed by atoms with Crippen LogP contribution >= 0.6 is 0 Å². The van der Waals surface area contributed by atoms with Crippen LogP contribution in [0.4, 0.5) is 11.6 Å². The van der Waals surface area contributed by atoms with Crippen molar-refractivity contribution < 1.29 is 9.53 Å². The Morgan fingerprint density at radius 1 is 1.19 bits per heavy atom. The summed E-state index contributed by atoms with van der Waals surface area (Å²) in [6.07, 6.45) is 3.35. The van der Waals surface area contributed by atoms with Crippen LogP contribution in [0.5, 0.6) is 5.75 Å². The molecule has 2 aromatic heterocycles. The number of fused-ring (bicyclic) bond motifs is 1. The number of nitrogens with one attached hydrogen (secondary N) is 1. The van der Waals surface area contributed by atoms with E-state index in [0.717, 1.165) is 5.56 Å². The molecule has 1 aliphatic heterocycles.